The van der Waals surface area contributed by atoms with Crippen molar-refractivity contribution in [1.29, 1.82) is 0 Å². The van der Waals surface area contributed by atoms with Crippen molar-refractivity contribution in [2.45, 2.75) is 0 Å². The van der Waals surface area contributed by atoms with E-state index in [2.05, 4.69) is 11.8 Å². The highest BCUT2D eigenvalue weighted by Crippen LogP contribution is 2.06. The molecule has 0 radical (unpaired) electrons. The van der Waals surface area contributed by atoms with Crippen LogP contribution >= 0.6 is 19.1 Å². The summed E-state index contributed by atoms with van der Waals surface area (Å²) in [6, 6.07) is 0. The van der Waals surface area contributed by atoms with E-state index >= 15 is 0 Å². The van der Waals surface area contributed by atoms with Gasteiger partial charge in [0.05, 0.1) is 6.61 Å². The van der Waals surface area contributed by atoms with E-state index in [9.17, 15) is 0 Å². The van der Waals surface area contributed by atoms with Crippen molar-refractivity contribution in [3.05, 3.63) is 0 Å². The zero-order valence-electron chi connectivity index (χ0n) is 3.83. The molecule has 0 aromatic carbocycles. The molecule has 0 fully saturated rings. The second kappa shape index (κ2) is 6.83. The van der Waals surface area contributed by atoms with Gasteiger partial charge in [-0.25, -0.2) is 0 Å². The van der Waals surface area contributed by atoms with Crippen LogP contribution < -0.4 is 0 Å². The predicted molar refractivity (Wildman–Crippen MR) is 38.7 cm³/mol. The van der Waals surface area contributed by atoms with Crippen molar-refractivity contribution in [1.82, 2.24) is 0 Å². The van der Waals surface area contributed by atoms with Crippen LogP contribution in [0.15, 0.2) is 0 Å². The lowest BCUT2D eigenvalue weighted by Crippen LogP contribution is -1.83. The monoisotopic (exact) mass is 154 g/mol. The Morgan fingerprint density at radius 2 is 2.43 bits per heavy atom. The zero-order chi connectivity index (χ0) is 5.54. The Hall–Kier alpha value is 0.830. The topological polar surface area (TPSA) is 20.2 Å². The Labute approximate surface area is 54.3 Å². The lowest BCUT2D eigenvalue weighted by molar-refractivity contribution is 0.322. The minimum absolute atomic E-state index is 0.273. The van der Waals surface area contributed by atoms with Crippen LogP contribution in [0.3, 0.4) is 0 Å². The fraction of sp³-hybridized carbons (Fsp3) is 1.00. The second-order valence-electron chi connectivity index (χ2n) is 0.890. The van der Waals surface area contributed by atoms with Gasteiger partial charge in [-0.1, -0.05) is 11.8 Å². The summed E-state index contributed by atoms with van der Waals surface area (Å²) in [4.78, 5) is 0. The molecule has 7 heavy (non-hydrogen) atoms. The Bertz CT molecular complexity index is 50.2. The molecule has 0 aromatic heterocycles. The summed E-state index contributed by atoms with van der Waals surface area (Å²) in [5.41, 5.74) is 0.968. The van der Waals surface area contributed by atoms with E-state index in [0.29, 0.717) is 0 Å². The largest absolute Gasteiger partial charge is 0.396 e. The Kier molecular flexibility index (Phi) is 7.64. The van der Waals surface area contributed by atoms with Crippen LogP contribution in [0, 0.1) is 0 Å². The van der Waals surface area contributed by atoms with Crippen LogP contribution in [0.1, 0.15) is 0 Å². The Morgan fingerprint density at radius 1 is 1.71 bits per heavy atom. The van der Waals surface area contributed by atoms with Crippen molar-refractivity contribution in [2.75, 3.05) is 17.9 Å². The molecule has 0 rings (SSSR count). The van der Waals surface area contributed by atoms with Crippen LogP contribution in [-0.4, -0.2) is 23.0 Å². The maximum atomic E-state index is 8.23. The molecule has 0 saturated heterocycles. The average Bonchev–Trinajstić information content (AvgIpc) is 1.69. The van der Waals surface area contributed by atoms with Gasteiger partial charge in [-0.3, -0.25) is 0 Å². The maximum absolute atomic E-state index is 8.23. The summed E-state index contributed by atoms with van der Waals surface area (Å²) in [6.45, 7) is 0.273. The average molecular weight is 154 g/mol. The van der Waals surface area contributed by atoms with Gasteiger partial charge in [-0.15, -0.1) is 11.8 Å². The standard InChI is InChI=1S/C3H7OPS2/c4-1-2-7-3-5-6/h4H,1-3H2. The van der Waals surface area contributed by atoms with Crippen LogP contribution in [0.4, 0.5) is 0 Å². The minimum atomic E-state index is 0.273. The van der Waals surface area contributed by atoms with Crippen molar-refractivity contribution >= 4 is 30.9 Å². The Balaban J connectivity index is 2.56. The van der Waals surface area contributed by atoms with Crippen molar-refractivity contribution in [3.8, 4) is 0 Å². The quantitative estimate of drug-likeness (QED) is 0.483. The molecule has 0 spiro atoms. The first-order valence-electron chi connectivity index (χ1n) is 1.89. The molecule has 1 N–H and O–H groups in total. The third-order valence-corrected chi connectivity index (χ3v) is 2.95. The van der Waals surface area contributed by atoms with Crippen LogP contribution in [0.5, 0.6) is 0 Å². The molecule has 0 unspecified atom stereocenters. The predicted octanol–water partition coefficient (Wildman–Crippen LogP) is 1.08. The second-order valence-corrected chi connectivity index (χ2v) is 3.77. The highest BCUT2D eigenvalue weighted by Gasteiger charge is 1.79. The van der Waals surface area contributed by atoms with Gasteiger partial charge in [0, 0.05) is 11.2 Å². The normalized spacial score (nSPS) is 9.86. The molecule has 1 nitrogen and oxygen atoms in total. The SMILES string of the molecule is OCCSCP=S. The maximum Gasteiger partial charge on any atom is 0.0521 e. The molecule has 0 aromatic rings. The summed E-state index contributed by atoms with van der Waals surface area (Å²) in [5.74, 6) is 0.823. The lowest BCUT2D eigenvalue weighted by Gasteiger charge is -1.86. The van der Waals surface area contributed by atoms with E-state index in [4.69, 9.17) is 5.11 Å². The minimum Gasteiger partial charge on any atom is -0.396 e. The van der Waals surface area contributed by atoms with Crippen molar-refractivity contribution < 1.29 is 5.11 Å². The molecular weight excluding hydrogens is 147 g/mol. The highest BCUT2D eigenvalue weighted by atomic mass is 32.4. The van der Waals surface area contributed by atoms with E-state index in [-0.39, 0.29) is 6.61 Å². The number of rotatable bonds is 4. The molecule has 0 amide bonds. The lowest BCUT2D eigenvalue weighted by atomic mass is 10.9. The number of hydrogen-bond acceptors (Lipinski definition) is 3. The number of aliphatic hydroxyl groups is 1. The fourth-order valence-electron chi connectivity index (χ4n) is 0.166. The van der Waals surface area contributed by atoms with Gasteiger partial charge in [-0.05, 0) is 7.36 Å². The molecule has 42 valence electrons. The van der Waals surface area contributed by atoms with Crippen LogP contribution in [-0.2, 0) is 11.8 Å². The third kappa shape index (κ3) is 6.83. The number of hydrogen-bond donors (Lipinski definition) is 1. The Morgan fingerprint density at radius 3 is 2.86 bits per heavy atom. The molecule has 0 saturated carbocycles. The van der Waals surface area contributed by atoms with Gasteiger partial charge in [0.1, 0.15) is 0 Å². The molecule has 0 atom stereocenters. The van der Waals surface area contributed by atoms with Gasteiger partial charge < -0.3 is 5.11 Å². The molecule has 4 heteroatoms. The van der Waals surface area contributed by atoms with E-state index in [1.807, 2.05) is 0 Å². The third-order valence-electron chi connectivity index (χ3n) is 0.380. The summed E-state index contributed by atoms with van der Waals surface area (Å²) in [6.07, 6.45) is 0. The highest BCUT2D eigenvalue weighted by molar-refractivity contribution is 8.09. The molecule has 0 aliphatic rings. The van der Waals surface area contributed by atoms with Crippen molar-refractivity contribution in [3.63, 3.8) is 0 Å². The van der Waals surface area contributed by atoms with Crippen LogP contribution in [0.2, 0.25) is 0 Å². The van der Waals surface area contributed by atoms with Gasteiger partial charge in [0.15, 0.2) is 0 Å². The molecule has 0 bridgehead atoms. The van der Waals surface area contributed by atoms with Crippen LogP contribution in [0.25, 0.3) is 0 Å². The molecule has 0 aliphatic carbocycles. The van der Waals surface area contributed by atoms with E-state index < -0.39 is 0 Å². The molecule has 0 heterocycles. The first-order valence-corrected chi connectivity index (χ1v) is 5.14. The van der Waals surface area contributed by atoms with Gasteiger partial charge in [0.2, 0.25) is 0 Å². The number of thioether (sulfide) groups is 1. The summed E-state index contributed by atoms with van der Waals surface area (Å²) in [5, 5.41) is 8.23. The van der Waals surface area contributed by atoms with Gasteiger partial charge >= 0.3 is 0 Å². The molecular formula is C3H7OPS2. The first kappa shape index (κ1) is 7.83. The van der Waals surface area contributed by atoms with E-state index in [1.165, 1.54) is 0 Å². The summed E-state index contributed by atoms with van der Waals surface area (Å²) >= 11 is 6.32. The molecule has 0 aliphatic heterocycles. The zero-order valence-corrected chi connectivity index (χ0v) is 6.36. The van der Waals surface area contributed by atoms with E-state index in [0.717, 1.165) is 18.6 Å². The fourth-order valence-corrected chi connectivity index (χ4v) is 1.78. The number of aliphatic hydroxyl groups excluding tert-OH is 1. The summed E-state index contributed by atoms with van der Waals surface area (Å²) < 4.78 is 0. The summed E-state index contributed by atoms with van der Waals surface area (Å²) in [7, 11) is 0.990. The van der Waals surface area contributed by atoms with Crippen molar-refractivity contribution in [2.24, 2.45) is 0 Å². The smallest absolute Gasteiger partial charge is 0.0521 e. The van der Waals surface area contributed by atoms with Gasteiger partial charge in [0.25, 0.3) is 0 Å². The van der Waals surface area contributed by atoms with Gasteiger partial charge in [-0.2, -0.15) is 0 Å². The van der Waals surface area contributed by atoms with E-state index in [1.54, 1.807) is 11.8 Å². The first-order chi connectivity index (χ1) is 3.41.